The van der Waals surface area contributed by atoms with E-state index in [1.54, 1.807) is 38.3 Å². The van der Waals surface area contributed by atoms with Crippen LogP contribution in [0.1, 0.15) is 34.8 Å². The van der Waals surface area contributed by atoms with Crippen LogP contribution in [0.4, 0.5) is 4.79 Å². The first kappa shape index (κ1) is 20.4. The molecular formula is C22H24N2O5. The molecule has 0 spiro atoms. The molecule has 1 fully saturated rings. The molecule has 1 heterocycles. The van der Waals surface area contributed by atoms with Gasteiger partial charge in [-0.2, -0.15) is 0 Å². The molecule has 1 aliphatic rings. The SMILES string of the molecule is COC(=O)c1cccc(CN2C(=O)N[C@](C)(CCc3ccc(OC)cc3)C2=O)c1. The van der Waals surface area contributed by atoms with Gasteiger partial charge in [-0.25, -0.2) is 9.59 Å². The van der Waals surface area contributed by atoms with Crippen LogP contribution in [0.3, 0.4) is 0 Å². The summed E-state index contributed by atoms with van der Waals surface area (Å²) in [6.45, 7) is 1.83. The molecule has 3 amide bonds. The van der Waals surface area contributed by atoms with Crippen LogP contribution in [0.15, 0.2) is 48.5 Å². The molecule has 0 radical (unpaired) electrons. The Morgan fingerprint density at radius 1 is 1.07 bits per heavy atom. The predicted octanol–water partition coefficient (Wildman–Crippen LogP) is 2.93. The van der Waals surface area contributed by atoms with Crippen molar-refractivity contribution < 1.29 is 23.9 Å². The van der Waals surface area contributed by atoms with Gasteiger partial charge in [0.1, 0.15) is 11.3 Å². The van der Waals surface area contributed by atoms with Gasteiger partial charge in [0.2, 0.25) is 0 Å². The second kappa shape index (κ2) is 8.34. The molecule has 29 heavy (non-hydrogen) atoms. The van der Waals surface area contributed by atoms with E-state index in [2.05, 4.69) is 5.32 Å². The molecule has 0 aromatic heterocycles. The highest BCUT2D eigenvalue weighted by Gasteiger charge is 2.47. The smallest absolute Gasteiger partial charge is 0.337 e. The lowest BCUT2D eigenvalue weighted by atomic mass is 9.93. The summed E-state index contributed by atoms with van der Waals surface area (Å²) in [6, 6.07) is 13.9. The van der Waals surface area contributed by atoms with Crippen LogP contribution in [0, 0.1) is 0 Å². The van der Waals surface area contributed by atoms with Crippen molar-refractivity contribution in [3.63, 3.8) is 0 Å². The number of urea groups is 1. The standard InChI is InChI=1S/C22H24N2O5/c1-22(12-11-15-7-9-18(28-2)10-8-15)20(26)24(21(27)23-22)14-16-5-4-6-17(13-16)19(25)29-3/h4-10,13H,11-12,14H2,1-3H3,(H,23,27)/t22-/m1/s1. The number of rotatable bonds is 7. The third kappa shape index (κ3) is 4.39. The van der Waals surface area contributed by atoms with Gasteiger partial charge in [0.05, 0.1) is 26.3 Å². The van der Waals surface area contributed by atoms with Gasteiger partial charge in [-0.3, -0.25) is 9.69 Å². The lowest BCUT2D eigenvalue weighted by Gasteiger charge is -2.22. The fourth-order valence-electron chi connectivity index (χ4n) is 3.34. The van der Waals surface area contributed by atoms with Crippen LogP contribution in [0.2, 0.25) is 0 Å². The van der Waals surface area contributed by atoms with Crippen molar-refractivity contribution in [1.29, 1.82) is 0 Å². The number of amides is 3. The monoisotopic (exact) mass is 396 g/mol. The van der Waals surface area contributed by atoms with Crippen molar-refractivity contribution in [2.45, 2.75) is 31.8 Å². The molecule has 0 bridgehead atoms. The summed E-state index contributed by atoms with van der Waals surface area (Å²) < 4.78 is 9.87. The van der Waals surface area contributed by atoms with E-state index < -0.39 is 17.5 Å². The summed E-state index contributed by atoms with van der Waals surface area (Å²) in [6.07, 6.45) is 1.11. The highest BCUT2D eigenvalue weighted by molar-refractivity contribution is 6.06. The fourth-order valence-corrected chi connectivity index (χ4v) is 3.34. The van der Waals surface area contributed by atoms with Gasteiger partial charge in [-0.15, -0.1) is 0 Å². The van der Waals surface area contributed by atoms with Crippen LogP contribution in [0.5, 0.6) is 5.75 Å². The molecule has 7 heteroatoms. The molecule has 152 valence electrons. The molecule has 2 aromatic rings. The van der Waals surface area contributed by atoms with Gasteiger partial charge in [0.15, 0.2) is 0 Å². The number of ether oxygens (including phenoxy) is 2. The van der Waals surface area contributed by atoms with Crippen molar-refractivity contribution in [3.05, 3.63) is 65.2 Å². The normalized spacial score (nSPS) is 18.5. The zero-order chi connectivity index (χ0) is 21.0. The summed E-state index contributed by atoms with van der Waals surface area (Å²) in [7, 11) is 2.92. The predicted molar refractivity (Wildman–Crippen MR) is 107 cm³/mol. The third-order valence-corrected chi connectivity index (χ3v) is 5.11. The fraction of sp³-hybridized carbons (Fsp3) is 0.318. The first-order valence-corrected chi connectivity index (χ1v) is 9.30. The van der Waals surface area contributed by atoms with Gasteiger partial charge in [0.25, 0.3) is 5.91 Å². The Labute approximate surface area is 169 Å². The first-order valence-electron chi connectivity index (χ1n) is 9.30. The Morgan fingerprint density at radius 2 is 1.79 bits per heavy atom. The van der Waals surface area contributed by atoms with Crippen LogP contribution in [-0.4, -0.2) is 42.6 Å². The van der Waals surface area contributed by atoms with E-state index in [1.807, 2.05) is 24.3 Å². The van der Waals surface area contributed by atoms with E-state index in [9.17, 15) is 14.4 Å². The number of carbonyl (C=O) groups is 3. The zero-order valence-corrected chi connectivity index (χ0v) is 16.7. The van der Waals surface area contributed by atoms with E-state index in [4.69, 9.17) is 9.47 Å². The van der Waals surface area contributed by atoms with Crippen molar-refractivity contribution in [2.75, 3.05) is 14.2 Å². The topological polar surface area (TPSA) is 84.9 Å². The minimum Gasteiger partial charge on any atom is -0.497 e. The second-order valence-corrected chi connectivity index (χ2v) is 7.19. The number of nitrogens with one attached hydrogen (secondary N) is 1. The van der Waals surface area contributed by atoms with Crippen molar-refractivity contribution in [3.8, 4) is 5.75 Å². The summed E-state index contributed by atoms with van der Waals surface area (Å²) in [5, 5.41) is 2.81. The Morgan fingerprint density at radius 3 is 2.45 bits per heavy atom. The maximum absolute atomic E-state index is 13.0. The molecule has 1 aliphatic heterocycles. The molecule has 1 atom stereocenters. The number of hydrogen-bond donors (Lipinski definition) is 1. The highest BCUT2D eigenvalue weighted by Crippen LogP contribution is 2.25. The molecule has 3 rings (SSSR count). The largest absolute Gasteiger partial charge is 0.497 e. The van der Waals surface area contributed by atoms with Crippen LogP contribution in [-0.2, 0) is 22.5 Å². The Balaban J connectivity index is 1.69. The van der Waals surface area contributed by atoms with E-state index in [0.717, 1.165) is 11.3 Å². The Bertz CT molecular complexity index is 925. The van der Waals surface area contributed by atoms with Crippen molar-refractivity contribution >= 4 is 17.9 Å². The van der Waals surface area contributed by atoms with E-state index >= 15 is 0 Å². The third-order valence-electron chi connectivity index (χ3n) is 5.11. The number of esters is 1. The van der Waals surface area contributed by atoms with E-state index in [-0.39, 0.29) is 12.5 Å². The van der Waals surface area contributed by atoms with Crippen molar-refractivity contribution in [2.24, 2.45) is 0 Å². The molecule has 7 nitrogen and oxygen atoms in total. The molecule has 0 aliphatic carbocycles. The summed E-state index contributed by atoms with van der Waals surface area (Å²) in [4.78, 5) is 38.3. The molecular weight excluding hydrogens is 372 g/mol. The van der Waals surface area contributed by atoms with Gasteiger partial charge in [0, 0.05) is 0 Å². The maximum Gasteiger partial charge on any atom is 0.337 e. The molecule has 0 unspecified atom stereocenters. The number of methoxy groups -OCH3 is 2. The van der Waals surface area contributed by atoms with E-state index in [1.165, 1.54) is 12.0 Å². The summed E-state index contributed by atoms with van der Waals surface area (Å²) >= 11 is 0. The zero-order valence-electron chi connectivity index (χ0n) is 16.7. The minimum absolute atomic E-state index is 0.0909. The van der Waals surface area contributed by atoms with Gasteiger partial charge < -0.3 is 14.8 Å². The number of carbonyl (C=O) groups excluding carboxylic acids is 3. The Hall–Kier alpha value is -3.35. The first-order chi connectivity index (χ1) is 13.9. The lowest BCUT2D eigenvalue weighted by Crippen LogP contribution is -2.44. The van der Waals surface area contributed by atoms with Gasteiger partial charge in [-0.05, 0) is 55.2 Å². The van der Waals surface area contributed by atoms with Crippen LogP contribution < -0.4 is 10.1 Å². The van der Waals surface area contributed by atoms with Crippen molar-refractivity contribution in [1.82, 2.24) is 10.2 Å². The average Bonchev–Trinajstić information content (AvgIpc) is 2.95. The number of hydrogen-bond acceptors (Lipinski definition) is 5. The number of aryl methyl sites for hydroxylation is 1. The lowest BCUT2D eigenvalue weighted by molar-refractivity contribution is -0.131. The quantitative estimate of drug-likeness (QED) is 0.575. The summed E-state index contributed by atoms with van der Waals surface area (Å²) in [5.74, 6) is 0.0263. The molecule has 2 aromatic carbocycles. The molecule has 0 saturated carbocycles. The number of imide groups is 1. The number of benzene rings is 2. The highest BCUT2D eigenvalue weighted by atomic mass is 16.5. The van der Waals surface area contributed by atoms with Crippen LogP contribution in [0.25, 0.3) is 0 Å². The van der Waals surface area contributed by atoms with Gasteiger partial charge in [-0.1, -0.05) is 24.3 Å². The second-order valence-electron chi connectivity index (χ2n) is 7.19. The summed E-state index contributed by atoms with van der Waals surface area (Å²) in [5.41, 5.74) is 1.13. The van der Waals surface area contributed by atoms with Gasteiger partial charge >= 0.3 is 12.0 Å². The Kier molecular flexibility index (Phi) is 5.87. The number of nitrogens with zero attached hydrogens (tertiary/aromatic N) is 1. The van der Waals surface area contributed by atoms with E-state index in [0.29, 0.717) is 24.0 Å². The molecule has 1 N–H and O–H groups in total. The maximum atomic E-state index is 13.0. The minimum atomic E-state index is -0.975. The average molecular weight is 396 g/mol. The molecule has 1 saturated heterocycles. The van der Waals surface area contributed by atoms with Crippen LogP contribution >= 0.6 is 0 Å².